The molecule has 1 aliphatic carbocycles. The van der Waals surface area contributed by atoms with Crippen molar-refractivity contribution in [2.45, 2.75) is 33.1 Å². The highest BCUT2D eigenvalue weighted by molar-refractivity contribution is 5.79. The Balaban J connectivity index is 2.64. The second-order valence-electron chi connectivity index (χ2n) is 3.94. The summed E-state index contributed by atoms with van der Waals surface area (Å²) in [6.07, 6.45) is 3.26. The van der Waals surface area contributed by atoms with E-state index in [1.54, 1.807) is 0 Å². The van der Waals surface area contributed by atoms with E-state index < -0.39 is 0 Å². The van der Waals surface area contributed by atoms with E-state index in [4.69, 9.17) is 5.84 Å². The molecule has 3 N–H and O–H groups in total. The molecule has 0 aliphatic heterocycles. The first-order valence-electron chi connectivity index (χ1n) is 4.08. The number of nitrogens with one attached hydrogen (secondary N) is 1. The largest absolute Gasteiger partial charge is 0.294 e. The molecule has 3 heteroatoms. The number of hydrazine groups is 1. The maximum Gasteiger partial charge on any atom is 0.237 e. The van der Waals surface area contributed by atoms with Crippen molar-refractivity contribution in [3.8, 4) is 0 Å². The van der Waals surface area contributed by atoms with Gasteiger partial charge < -0.3 is 0 Å². The van der Waals surface area contributed by atoms with E-state index in [9.17, 15) is 4.79 Å². The maximum atomic E-state index is 11.2. The summed E-state index contributed by atoms with van der Waals surface area (Å²) in [5, 5.41) is 0. The zero-order valence-electron chi connectivity index (χ0n) is 7.18. The number of carbonyl (C=O) groups excluding carboxylic acids is 1. The number of nitrogens with two attached hydrogens (primary N) is 1. The van der Waals surface area contributed by atoms with Crippen LogP contribution in [0.25, 0.3) is 0 Å². The molecule has 0 aromatic heterocycles. The van der Waals surface area contributed by atoms with Gasteiger partial charge in [-0.2, -0.15) is 0 Å². The van der Waals surface area contributed by atoms with Crippen molar-refractivity contribution < 1.29 is 4.79 Å². The van der Waals surface area contributed by atoms with Crippen molar-refractivity contribution >= 4 is 5.91 Å². The predicted molar refractivity (Wildman–Crippen MR) is 43.5 cm³/mol. The molecule has 1 rings (SSSR count). The Morgan fingerprint density at radius 1 is 1.64 bits per heavy atom. The lowest BCUT2D eigenvalue weighted by Crippen LogP contribution is -2.39. The number of amides is 1. The van der Waals surface area contributed by atoms with Crippen molar-refractivity contribution in [2.24, 2.45) is 17.2 Å². The Bertz CT molecular complexity index is 165. The average Bonchev–Trinajstić information content (AvgIpc) is 2.28. The quantitative estimate of drug-likeness (QED) is 0.335. The Labute approximate surface area is 67.3 Å². The molecule has 64 valence electrons. The summed E-state index contributed by atoms with van der Waals surface area (Å²) < 4.78 is 0. The predicted octanol–water partition coefficient (Wildman–Crippen LogP) is 0.803. The Morgan fingerprint density at radius 3 is 2.64 bits per heavy atom. The molecule has 0 spiro atoms. The smallest absolute Gasteiger partial charge is 0.237 e. The minimum atomic E-state index is -0.00694. The van der Waals surface area contributed by atoms with Gasteiger partial charge in [-0.25, -0.2) is 5.84 Å². The monoisotopic (exact) mass is 156 g/mol. The molecular weight excluding hydrogens is 140 g/mol. The molecule has 1 atom stereocenters. The van der Waals surface area contributed by atoms with Gasteiger partial charge in [0.05, 0.1) is 0 Å². The third-order valence-corrected chi connectivity index (χ3v) is 2.72. The molecule has 11 heavy (non-hydrogen) atoms. The maximum absolute atomic E-state index is 11.2. The fourth-order valence-electron chi connectivity index (χ4n) is 1.91. The fourth-order valence-corrected chi connectivity index (χ4v) is 1.91. The van der Waals surface area contributed by atoms with E-state index in [1.165, 1.54) is 0 Å². The van der Waals surface area contributed by atoms with Gasteiger partial charge in [0.2, 0.25) is 5.91 Å². The van der Waals surface area contributed by atoms with Gasteiger partial charge in [-0.1, -0.05) is 20.3 Å². The lowest BCUT2D eigenvalue weighted by atomic mass is 9.81. The second kappa shape index (κ2) is 2.81. The third kappa shape index (κ3) is 1.53. The van der Waals surface area contributed by atoms with Crippen LogP contribution in [0, 0.1) is 11.3 Å². The van der Waals surface area contributed by atoms with Gasteiger partial charge in [0, 0.05) is 5.92 Å². The highest BCUT2D eigenvalue weighted by Gasteiger charge is 2.38. The highest BCUT2D eigenvalue weighted by atomic mass is 16.2. The van der Waals surface area contributed by atoms with Gasteiger partial charge >= 0.3 is 0 Å². The van der Waals surface area contributed by atoms with Gasteiger partial charge in [-0.05, 0) is 18.3 Å². The van der Waals surface area contributed by atoms with Crippen LogP contribution in [-0.4, -0.2) is 5.91 Å². The average molecular weight is 156 g/mol. The highest BCUT2D eigenvalue weighted by Crippen LogP contribution is 2.42. The van der Waals surface area contributed by atoms with E-state index in [1.807, 2.05) is 0 Å². The van der Waals surface area contributed by atoms with Crippen LogP contribution < -0.4 is 11.3 Å². The molecule has 3 nitrogen and oxygen atoms in total. The van der Waals surface area contributed by atoms with Crippen molar-refractivity contribution in [3.63, 3.8) is 0 Å². The summed E-state index contributed by atoms with van der Waals surface area (Å²) in [6.45, 7) is 4.25. The van der Waals surface area contributed by atoms with E-state index in [2.05, 4.69) is 19.3 Å². The lowest BCUT2D eigenvalue weighted by molar-refractivity contribution is -0.127. The first-order chi connectivity index (χ1) is 5.08. The van der Waals surface area contributed by atoms with Crippen LogP contribution in [-0.2, 0) is 4.79 Å². The van der Waals surface area contributed by atoms with Gasteiger partial charge in [-0.3, -0.25) is 10.2 Å². The summed E-state index contributed by atoms with van der Waals surface area (Å²) in [5.74, 6) is 5.18. The first kappa shape index (κ1) is 8.53. The molecule has 1 saturated carbocycles. The molecular formula is C8H16N2O. The molecule has 0 bridgehead atoms. The molecule has 1 aliphatic rings. The van der Waals surface area contributed by atoms with E-state index >= 15 is 0 Å². The van der Waals surface area contributed by atoms with Gasteiger partial charge in [0.25, 0.3) is 0 Å². The van der Waals surface area contributed by atoms with Crippen LogP contribution in [0.15, 0.2) is 0 Å². The van der Waals surface area contributed by atoms with Crippen LogP contribution in [0.4, 0.5) is 0 Å². The zero-order valence-corrected chi connectivity index (χ0v) is 7.18. The number of hydrogen-bond donors (Lipinski definition) is 2. The molecule has 0 radical (unpaired) electrons. The van der Waals surface area contributed by atoms with Crippen molar-refractivity contribution in [1.82, 2.24) is 5.43 Å². The number of rotatable bonds is 1. The van der Waals surface area contributed by atoms with Crippen molar-refractivity contribution in [2.75, 3.05) is 0 Å². The van der Waals surface area contributed by atoms with Crippen molar-refractivity contribution in [1.29, 1.82) is 0 Å². The van der Waals surface area contributed by atoms with Gasteiger partial charge in [0.1, 0.15) is 0 Å². The Kier molecular flexibility index (Phi) is 2.18. The van der Waals surface area contributed by atoms with E-state index in [-0.39, 0.29) is 17.2 Å². The molecule has 1 unspecified atom stereocenters. The standard InChI is InChI=1S/C8H16N2O/c1-8(2)5-3-4-6(8)7(11)10-9/h6H,3-5,9H2,1-2H3,(H,10,11). The second-order valence-corrected chi connectivity index (χ2v) is 3.94. The van der Waals surface area contributed by atoms with E-state index in [0.29, 0.717) is 0 Å². The third-order valence-electron chi connectivity index (χ3n) is 2.72. The Morgan fingerprint density at radius 2 is 2.27 bits per heavy atom. The molecule has 0 aromatic rings. The first-order valence-corrected chi connectivity index (χ1v) is 4.08. The van der Waals surface area contributed by atoms with Gasteiger partial charge in [-0.15, -0.1) is 0 Å². The minimum absolute atomic E-state index is 0.00694. The fraction of sp³-hybridized carbons (Fsp3) is 0.875. The van der Waals surface area contributed by atoms with Crippen molar-refractivity contribution in [3.05, 3.63) is 0 Å². The summed E-state index contributed by atoms with van der Waals surface area (Å²) in [4.78, 5) is 11.2. The summed E-state index contributed by atoms with van der Waals surface area (Å²) in [6, 6.07) is 0. The topological polar surface area (TPSA) is 55.1 Å². The normalized spacial score (nSPS) is 28.5. The van der Waals surface area contributed by atoms with E-state index in [0.717, 1.165) is 19.3 Å². The Hall–Kier alpha value is -0.570. The SMILES string of the molecule is CC1(C)CCCC1C(=O)NN. The lowest BCUT2D eigenvalue weighted by Gasteiger charge is -2.24. The minimum Gasteiger partial charge on any atom is -0.294 e. The van der Waals surface area contributed by atoms with Crippen LogP contribution in [0.1, 0.15) is 33.1 Å². The number of carbonyl (C=O) groups is 1. The molecule has 0 saturated heterocycles. The van der Waals surface area contributed by atoms with Crippen LogP contribution in [0.2, 0.25) is 0 Å². The van der Waals surface area contributed by atoms with Gasteiger partial charge in [0.15, 0.2) is 0 Å². The van der Waals surface area contributed by atoms with Crippen LogP contribution in [0.3, 0.4) is 0 Å². The molecule has 0 heterocycles. The summed E-state index contributed by atoms with van der Waals surface area (Å²) in [7, 11) is 0. The van der Waals surface area contributed by atoms with Crippen LogP contribution in [0.5, 0.6) is 0 Å². The molecule has 1 amide bonds. The van der Waals surface area contributed by atoms with Crippen LogP contribution >= 0.6 is 0 Å². The summed E-state index contributed by atoms with van der Waals surface area (Å²) in [5.41, 5.74) is 2.37. The zero-order chi connectivity index (χ0) is 8.48. The molecule has 1 fully saturated rings. The summed E-state index contributed by atoms with van der Waals surface area (Å²) >= 11 is 0. The number of hydrogen-bond acceptors (Lipinski definition) is 2. The molecule has 0 aromatic carbocycles.